The summed E-state index contributed by atoms with van der Waals surface area (Å²) in [6.07, 6.45) is 8.39. The van der Waals surface area contributed by atoms with E-state index in [4.69, 9.17) is 0 Å². The molecule has 0 N–H and O–H groups in total. The van der Waals surface area contributed by atoms with Crippen LogP contribution in [0.2, 0.25) is 0 Å². The Morgan fingerprint density at radius 3 is 2.71 bits per heavy atom. The van der Waals surface area contributed by atoms with Crippen molar-refractivity contribution in [3.8, 4) is 0 Å². The molecule has 1 saturated carbocycles. The molecule has 1 fully saturated rings. The van der Waals surface area contributed by atoms with Crippen molar-refractivity contribution >= 4 is 10.9 Å². The van der Waals surface area contributed by atoms with Crippen molar-refractivity contribution < 1.29 is 0 Å². The van der Waals surface area contributed by atoms with Crippen LogP contribution in [-0.2, 0) is 0 Å². The smallest absolute Gasteiger partial charge is 0.116 e. The summed E-state index contributed by atoms with van der Waals surface area (Å²) in [5, 5.41) is 1.26. The maximum absolute atomic E-state index is 4.56. The molecule has 17 heavy (non-hydrogen) atoms. The second kappa shape index (κ2) is 4.44. The Bertz CT molecular complexity index is 527. The lowest BCUT2D eigenvalue weighted by Crippen LogP contribution is -2.07. The van der Waals surface area contributed by atoms with E-state index in [-0.39, 0.29) is 0 Å². The lowest BCUT2D eigenvalue weighted by molar-refractivity contribution is 0.438. The molecular formula is C15H18N2. The van der Waals surface area contributed by atoms with Gasteiger partial charge in [-0.15, -0.1) is 0 Å². The van der Waals surface area contributed by atoms with Crippen LogP contribution in [0.4, 0.5) is 0 Å². The third kappa shape index (κ3) is 2.04. The predicted octanol–water partition coefficient (Wildman–Crippen LogP) is 3.99. The van der Waals surface area contributed by atoms with Crippen molar-refractivity contribution in [1.82, 2.24) is 9.97 Å². The molecule has 1 aliphatic carbocycles. The summed E-state index contributed by atoms with van der Waals surface area (Å²) < 4.78 is 0. The molecule has 0 bridgehead atoms. The van der Waals surface area contributed by atoms with E-state index in [1.807, 2.05) is 0 Å². The van der Waals surface area contributed by atoms with Gasteiger partial charge in [-0.2, -0.15) is 0 Å². The Labute approximate surface area is 102 Å². The Morgan fingerprint density at radius 1 is 1.06 bits per heavy atom. The molecule has 0 aliphatic heterocycles. The highest BCUT2D eigenvalue weighted by atomic mass is 14.8. The Hall–Kier alpha value is -1.44. The fourth-order valence-electron chi connectivity index (χ4n) is 2.89. The average Bonchev–Trinajstić information content (AvgIpc) is 2.39. The minimum absolute atomic E-state index is 0.649. The van der Waals surface area contributed by atoms with Gasteiger partial charge >= 0.3 is 0 Å². The number of aromatic nitrogens is 2. The molecule has 1 aliphatic rings. The van der Waals surface area contributed by atoms with Gasteiger partial charge in [0, 0.05) is 11.3 Å². The monoisotopic (exact) mass is 226 g/mol. The average molecular weight is 226 g/mol. The molecule has 1 aromatic heterocycles. The molecule has 0 radical (unpaired) electrons. The van der Waals surface area contributed by atoms with E-state index < -0.39 is 0 Å². The molecule has 3 rings (SSSR count). The Balaban J connectivity index is 2.11. The zero-order valence-corrected chi connectivity index (χ0v) is 10.3. The van der Waals surface area contributed by atoms with Crippen LogP contribution in [0.5, 0.6) is 0 Å². The lowest BCUT2D eigenvalue weighted by atomic mass is 9.85. The summed E-state index contributed by atoms with van der Waals surface area (Å²) in [4.78, 5) is 8.93. The van der Waals surface area contributed by atoms with Crippen LogP contribution < -0.4 is 0 Å². The molecule has 0 unspecified atom stereocenters. The van der Waals surface area contributed by atoms with Gasteiger partial charge in [0.25, 0.3) is 0 Å². The number of benzene rings is 1. The highest BCUT2D eigenvalue weighted by Gasteiger charge is 2.19. The van der Waals surface area contributed by atoms with Gasteiger partial charge in [0.2, 0.25) is 0 Å². The Morgan fingerprint density at radius 2 is 1.88 bits per heavy atom. The van der Waals surface area contributed by atoms with E-state index in [1.165, 1.54) is 48.7 Å². The zero-order valence-electron chi connectivity index (χ0n) is 10.3. The van der Waals surface area contributed by atoms with E-state index in [0.717, 1.165) is 5.52 Å². The van der Waals surface area contributed by atoms with Crippen LogP contribution in [0.1, 0.15) is 49.3 Å². The molecule has 0 atom stereocenters. The zero-order chi connectivity index (χ0) is 11.7. The van der Waals surface area contributed by atoms with Crippen molar-refractivity contribution in [2.45, 2.75) is 44.9 Å². The highest BCUT2D eigenvalue weighted by molar-refractivity contribution is 5.81. The number of hydrogen-bond donors (Lipinski definition) is 0. The number of hydrogen-bond acceptors (Lipinski definition) is 2. The Kier molecular flexibility index (Phi) is 2.79. The van der Waals surface area contributed by atoms with Gasteiger partial charge in [-0.1, -0.05) is 30.9 Å². The van der Waals surface area contributed by atoms with Crippen LogP contribution in [-0.4, -0.2) is 9.97 Å². The fraction of sp³-hybridized carbons (Fsp3) is 0.467. The third-order valence-corrected chi connectivity index (χ3v) is 3.81. The van der Waals surface area contributed by atoms with Gasteiger partial charge in [-0.3, -0.25) is 0 Å². The second-order valence-corrected chi connectivity index (χ2v) is 5.11. The molecular weight excluding hydrogens is 208 g/mol. The van der Waals surface area contributed by atoms with E-state index in [9.17, 15) is 0 Å². The molecule has 1 heterocycles. The van der Waals surface area contributed by atoms with Crippen molar-refractivity contribution in [2.75, 3.05) is 0 Å². The van der Waals surface area contributed by atoms with Crippen LogP contribution in [0, 0.1) is 6.92 Å². The molecule has 0 saturated heterocycles. The number of fused-ring (bicyclic) bond motifs is 1. The van der Waals surface area contributed by atoms with Crippen LogP contribution in [0.3, 0.4) is 0 Å². The summed E-state index contributed by atoms with van der Waals surface area (Å²) in [6.45, 7) is 2.14. The first-order chi connectivity index (χ1) is 8.34. The SMILES string of the molecule is Cc1ccc2ncnc(C3CCCCC3)c2c1. The highest BCUT2D eigenvalue weighted by Crippen LogP contribution is 2.34. The quantitative estimate of drug-likeness (QED) is 0.735. The number of nitrogens with zero attached hydrogens (tertiary/aromatic N) is 2. The molecule has 88 valence electrons. The molecule has 2 nitrogen and oxygen atoms in total. The molecule has 0 amide bonds. The normalized spacial score (nSPS) is 17.5. The fourth-order valence-corrected chi connectivity index (χ4v) is 2.89. The van der Waals surface area contributed by atoms with E-state index in [2.05, 4.69) is 35.1 Å². The number of rotatable bonds is 1. The van der Waals surface area contributed by atoms with Crippen molar-refractivity contribution in [2.24, 2.45) is 0 Å². The first kappa shape index (κ1) is 10.7. The van der Waals surface area contributed by atoms with Gasteiger partial charge in [0.1, 0.15) is 6.33 Å². The third-order valence-electron chi connectivity index (χ3n) is 3.81. The minimum atomic E-state index is 0.649. The summed E-state index contributed by atoms with van der Waals surface area (Å²) in [6, 6.07) is 6.47. The van der Waals surface area contributed by atoms with Gasteiger partial charge in [0.15, 0.2) is 0 Å². The summed E-state index contributed by atoms with van der Waals surface area (Å²) in [5.41, 5.74) is 3.66. The standard InChI is InChI=1S/C15H18N2/c1-11-7-8-14-13(9-11)15(17-10-16-14)12-5-3-2-4-6-12/h7-10,12H,2-6H2,1H3. The van der Waals surface area contributed by atoms with Crippen LogP contribution >= 0.6 is 0 Å². The van der Waals surface area contributed by atoms with Gasteiger partial charge in [0.05, 0.1) is 11.2 Å². The molecule has 1 aromatic carbocycles. The van der Waals surface area contributed by atoms with Crippen molar-refractivity contribution in [1.29, 1.82) is 0 Å². The predicted molar refractivity (Wildman–Crippen MR) is 70.1 cm³/mol. The van der Waals surface area contributed by atoms with Gasteiger partial charge < -0.3 is 0 Å². The summed E-state index contributed by atoms with van der Waals surface area (Å²) >= 11 is 0. The maximum atomic E-state index is 4.56. The largest absolute Gasteiger partial charge is 0.240 e. The van der Waals surface area contributed by atoms with Gasteiger partial charge in [-0.25, -0.2) is 9.97 Å². The lowest BCUT2D eigenvalue weighted by Gasteiger charge is -2.22. The molecule has 0 spiro atoms. The second-order valence-electron chi connectivity index (χ2n) is 5.11. The van der Waals surface area contributed by atoms with E-state index in [0.29, 0.717) is 5.92 Å². The van der Waals surface area contributed by atoms with Crippen molar-refractivity contribution in [3.63, 3.8) is 0 Å². The van der Waals surface area contributed by atoms with Crippen molar-refractivity contribution in [3.05, 3.63) is 35.8 Å². The minimum Gasteiger partial charge on any atom is -0.240 e. The molecule has 2 aromatic rings. The van der Waals surface area contributed by atoms with Crippen LogP contribution in [0.25, 0.3) is 10.9 Å². The first-order valence-electron chi connectivity index (χ1n) is 6.56. The number of aryl methyl sites for hydroxylation is 1. The summed E-state index contributed by atoms with van der Waals surface area (Å²) in [5.74, 6) is 0.649. The van der Waals surface area contributed by atoms with Gasteiger partial charge in [-0.05, 0) is 31.9 Å². The van der Waals surface area contributed by atoms with E-state index in [1.54, 1.807) is 6.33 Å². The molecule has 2 heteroatoms. The van der Waals surface area contributed by atoms with Crippen LogP contribution in [0.15, 0.2) is 24.5 Å². The maximum Gasteiger partial charge on any atom is 0.116 e. The topological polar surface area (TPSA) is 25.8 Å². The van der Waals surface area contributed by atoms with E-state index >= 15 is 0 Å². The summed E-state index contributed by atoms with van der Waals surface area (Å²) in [7, 11) is 0. The first-order valence-corrected chi connectivity index (χ1v) is 6.56.